The highest BCUT2D eigenvalue weighted by Gasteiger charge is 2.17. The molecule has 0 aromatic heterocycles. The molecule has 0 N–H and O–H groups in total. The van der Waals surface area contributed by atoms with Crippen molar-refractivity contribution < 1.29 is 23.8 Å². The number of hydrogen-bond acceptors (Lipinski definition) is 5. The van der Waals surface area contributed by atoms with Gasteiger partial charge >= 0.3 is 11.9 Å². The quantitative estimate of drug-likeness (QED) is 0.0352. The van der Waals surface area contributed by atoms with E-state index in [9.17, 15) is 9.59 Å². The predicted molar refractivity (Wildman–Crippen MR) is 242 cm³/mol. The highest BCUT2D eigenvalue weighted by molar-refractivity contribution is 5.71. The van der Waals surface area contributed by atoms with Crippen molar-refractivity contribution in [2.45, 2.75) is 194 Å². The highest BCUT2D eigenvalue weighted by atomic mass is 16.6. The number of carbonyl (C=O) groups is 2. The SMILES string of the molecule is CC/C=C\C/C=C\C/C=C\C/C=C\C/C=C\CC(=O)OCC(COCCCCCCCC/C=C\C/C=C\C/C=C\CC)OC(=O)CCCCCCCCCCC. The molecule has 5 nitrogen and oxygen atoms in total. The van der Waals surface area contributed by atoms with Crippen LogP contribution < -0.4 is 0 Å². The van der Waals surface area contributed by atoms with Crippen LogP contribution in [0.15, 0.2) is 97.2 Å². The molecule has 0 amide bonds. The summed E-state index contributed by atoms with van der Waals surface area (Å²) >= 11 is 0. The molecule has 0 rings (SSSR count). The van der Waals surface area contributed by atoms with Gasteiger partial charge in [0.05, 0.1) is 13.0 Å². The summed E-state index contributed by atoms with van der Waals surface area (Å²) in [4.78, 5) is 25.1. The molecule has 0 aromatic carbocycles. The summed E-state index contributed by atoms with van der Waals surface area (Å²) in [6.07, 6.45) is 61.5. The molecule has 0 saturated heterocycles. The summed E-state index contributed by atoms with van der Waals surface area (Å²) in [6, 6.07) is 0. The van der Waals surface area contributed by atoms with Gasteiger partial charge in [0.15, 0.2) is 6.10 Å². The van der Waals surface area contributed by atoms with E-state index in [1.807, 2.05) is 12.2 Å². The number of rotatable bonds is 40. The molecule has 0 bridgehead atoms. The molecule has 0 aliphatic heterocycles. The zero-order valence-electron chi connectivity index (χ0n) is 36.4. The molecule has 318 valence electrons. The van der Waals surface area contributed by atoms with Crippen molar-refractivity contribution in [3.63, 3.8) is 0 Å². The van der Waals surface area contributed by atoms with Crippen LogP contribution in [0.4, 0.5) is 0 Å². The summed E-state index contributed by atoms with van der Waals surface area (Å²) < 4.78 is 17.2. The van der Waals surface area contributed by atoms with Crippen LogP contribution in [0.3, 0.4) is 0 Å². The molecule has 0 saturated carbocycles. The van der Waals surface area contributed by atoms with Crippen LogP contribution in [-0.2, 0) is 23.8 Å². The standard InChI is InChI=1S/C51H84O5/c1-4-7-10-13-16-19-21-23-25-27-29-31-34-37-40-43-46-54-47-49(56-51(53)45-42-39-36-32-18-15-12-9-6-3)48-55-50(52)44-41-38-35-33-30-28-26-24-22-20-17-14-11-8-5-2/h7-8,10-11,16-17,19-20,23-26,30,33,38,41,49H,4-6,9,12-15,18,21-22,27-29,31-32,34-37,39-40,42-48H2,1-3H3/b10-7-,11-8-,19-16-,20-17-,25-23-,26-24-,33-30-,41-38-. The number of ether oxygens (including phenoxy) is 3. The Morgan fingerprint density at radius 1 is 0.429 bits per heavy atom. The summed E-state index contributed by atoms with van der Waals surface area (Å²) in [7, 11) is 0. The summed E-state index contributed by atoms with van der Waals surface area (Å²) in [5.41, 5.74) is 0. The van der Waals surface area contributed by atoms with Crippen LogP contribution in [0.1, 0.15) is 188 Å². The fourth-order valence-electron chi connectivity index (χ4n) is 5.83. The van der Waals surface area contributed by atoms with E-state index < -0.39 is 6.10 Å². The summed E-state index contributed by atoms with van der Waals surface area (Å²) in [5, 5.41) is 0. The molecule has 0 fully saturated rings. The minimum absolute atomic E-state index is 0.0219. The van der Waals surface area contributed by atoms with Gasteiger partial charge in [-0.05, 0) is 77.0 Å². The van der Waals surface area contributed by atoms with Gasteiger partial charge in [0.25, 0.3) is 0 Å². The monoisotopic (exact) mass is 777 g/mol. The van der Waals surface area contributed by atoms with Crippen molar-refractivity contribution in [1.29, 1.82) is 0 Å². The molecule has 0 radical (unpaired) electrons. The average molecular weight is 777 g/mol. The topological polar surface area (TPSA) is 61.8 Å². The van der Waals surface area contributed by atoms with Crippen LogP contribution in [0.25, 0.3) is 0 Å². The van der Waals surface area contributed by atoms with Gasteiger partial charge in [-0.25, -0.2) is 0 Å². The Bertz CT molecular complexity index is 1110. The molecule has 5 heteroatoms. The fourth-order valence-corrected chi connectivity index (χ4v) is 5.83. The van der Waals surface area contributed by atoms with Crippen molar-refractivity contribution in [3.05, 3.63) is 97.2 Å². The maximum atomic E-state index is 12.7. The van der Waals surface area contributed by atoms with Crippen LogP contribution in [0.5, 0.6) is 0 Å². The van der Waals surface area contributed by atoms with Gasteiger partial charge in [0, 0.05) is 13.0 Å². The molecule has 1 unspecified atom stereocenters. The molecule has 0 aliphatic rings. The first-order valence-electron chi connectivity index (χ1n) is 22.8. The average Bonchev–Trinajstić information content (AvgIpc) is 3.20. The zero-order valence-corrected chi connectivity index (χ0v) is 36.4. The first-order valence-corrected chi connectivity index (χ1v) is 22.8. The lowest BCUT2D eigenvalue weighted by Gasteiger charge is -2.18. The van der Waals surface area contributed by atoms with E-state index in [2.05, 4.69) is 106 Å². The van der Waals surface area contributed by atoms with Crippen molar-refractivity contribution in [2.24, 2.45) is 0 Å². The first-order chi connectivity index (χ1) is 27.6. The Morgan fingerprint density at radius 3 is 1.38 bits per heavy atom. The third-order valence-corrected chi connectivity index (χ3v) is 9.15. The normalized spacial score (nSPS) is 13.1. The predicted octanol–water partition coefficient (Wildman–Crippen LogP) is 15.1. The largest absolute Gasteiger partial charge is 0.461 e. The fraction of sp³-hybridized carbons (Fsp3) is 0.647. The number of unbranched alkanes of at least 4 members (excludes halogenated alkanes) is 14. The lowest BCUT2D eigenvalue weighted by atomic mass is 10.1. The van der Waals surface area contributed by atoms with E-state index in [4.69, 9.17) is 14.2 Å². The maximum Gasteiger partial charge on any atom is 0.309 e. The van der Waals surface area contributed by atoms with Crippen LogP contribution in [0, 0.1) is 0 Å². The molecular formula is C51H84O5. The zero-order chi connectivity index (χ0) is 40.7. The van der Waals surface area contributed by atoms with Gasteiger partial charge in [0.1, 0.15) is 6.61 Å². The van der Waals surface area contributed by atoms with Crippen LogP contribution >= 0.6 is 0 Å². The molecular weight excluding hydrogens is 693 g/mol. The van der Waals surface area contributed by atoms with E-state index in [-0.39, 0.29) is 31.6 Å². The second-order valence-electron chi connectivity index (χ2n) is 14.6. The van der Waals surface area contributed by atoms with E-state index in [0.29, 0.717) is 13.0 Å². The summed E-state index contributed by atoms with van der Waals surface area (Å²) in [6.45, 7) is 7.43. The van der Waals surface area contributed by atoms with E-state index in [1.54, 1.807) is 0 Å². The Labute approximate surface area is 345 Å². The van der Waals surface area contributed by atoms with Crippen LogP contribution in [0.2, 0.25) is 0 Å². The lowest BCUT2D eigenvalue weighted by molar-refractivity contribution is -0.162. The lowest BCUT2D eigenvalue weighted by Crippen LogP contribution is -2.30. The Kier molecular flexibility index (Phi) is 43.6. The second kappa shape index (κ2) is 46.2. The molecule has 1 atom stereocenters. The molecule has 0 aliphatic carbocycles. The Hall–Kier alpha value is -3.18. The number of esters is 2. The Balaban J connectivity index is 4.38. The molecule has 56 heavy (non-hydrogen) atoms. The molecule has 0 aromatic rings. The molecule has 0 spiro atoms. The Morgan fingerprint density at radius 2 is 0.857 bits per heavy atom. The minimum atomic E-state index is -0.584. The van der Waals surface area contributed by atoms with Crippen LogP contribution in [-0.4, -0.2) is 37.9 Å². The smallest absolute Gasteiger partial charge is 0.309 e. The molecule has 0 heterocycles. The van der Waals surface area contributed by atoms with E-state index >= 15 is 0 Å². The van der Waals surface area contributed by atoms with Gasteiger partial charge in [0.2, 0.25) is 0 Å². The van der Waals surface area contributed by atoms with Gasteiger partial charge in [-0.3, -0.25) is 9.59 Å². The third kappa shape index (κ3) is 43.5. The maximum absolute atomic E-state index is 12.7. The number of allylic oxidation sites excluding steroid dienone is 15. The first kappa shape index (κ1) is 52.8. The summed E-state index contributed by atoms with van der Waals surface area (Å²) in [5.74, 6) is -0.559. The third-order valence-electron chi connectivity index (χ3n) is 9.15. The van der Waals surface area contributed by atoms with Crippen molar-refractivity contribution in [2.75, 3.05) is 19.8 Å². The van der Waals surface area contributed by atoms with Gasteiger partial charge in [-0.1, -0.05) is 195 Å². The van der Waals surface area contributed by atoms with Gasteiger partial charge in [-0.2, -0.15) is 0 Å². The van der Waals surface area contributed by atoms with E-state index in [0.717, 1.165) is 89.9 Å². The van der Waals surface area contributed by atoms with Crippen molar-refractivity contribution >= 4 is 11.9 Å². The highest BCUT2D eigenvalue weighted by Crippen LogP contribution is 2.12. The number of hydrogen-bond donors (Lipinski definition) is 0. The second-order valence-corrected chi connectivity index (χ2v) is 14.6. The van der Waals surface area contributed by atoms with E-state index in [1.165, 1.54) is 64.2 Å². The number of carbonyl (C=O) groups excluding carboxylic acids is 2. The van der Waals surface area contributed by atoms with Crippen molar-refractivity contribution in [3.8, 4) is 0 Å². The minimum Gasteiger partial charge on any atom is -0.461 e. The van der Waals surface area contributed by atoms with Gasteiger partial charge < -0.3 is 14.2 Å². The van der Waals surface area contributed by atoms with Gasteiger partial charge in [-0.15, -0.1) is 0 Å². The van der Waals surface area contributed by atoms with Crippen molar-refractivity contribution in [1.82, 2.24) is 0 Å².